The van der Waals surface area contributed by atoms with Crippen molar-refractivity contribution >= 4 is 35.0 Å². The molecule has 25 heavy (non-hydrogen) atoms. The number of carbonyl (C=O) groups excluding carboxylic acids is 3. The van der Waals surface area contributed by atoms with Gasteiger partial charge in [0.05, 0.1) is 16.2 Å². The van der Waals surface area contributed by atoms with Crippen molar-refractivity contribution in [3.05, 3.63) is 58.3 Å². The molecule has 0 spiro atoms. The molecule has 4 amide bonds. The van der Waals surface area contributed by atoms with Gasteiger partial charge in [-0.25, -0.2) is 14.7 Å². The summed E-state index contributed by atoms with van der Waals surface area (Å²) in [6.45, 7) is 0. The lowest BCUT2D eigenvalue weighted by Gasteiger charge is -2.16. The number of amides is 4. The third-order valence-corrected chi connectivity index (χ3v) is 3.64. The molecule has 1 aliphatic rings. The van der Waals surface area contributed by atoms with Crippen LogP contribution in [-0.2, 0) is 9.59 Å². The molecule has 3 N–H and O–H groups in total. The molecular weight excluding hydrogens is 330 g/mol. The molecule has 0 saturated carbocycles. The van der Waals surface area contributed by atoms with E-state index in [1.54, 1.807) is 12.1 Å². The maximum Gasteiger partial charge on any atom is 0.334 e. The molecule has 0 saturated heterocycles. The van der Waals surface area contributed by atoms with Gasteiger partial charge in [-0.15, -0.1) is 0 Å². The minimum atomic E-state index is -1.61. The highest BCUT2D eigenvalue weighted by Crippen LogP contribution is 2.42. The Bertz CT molecular complexity index is 898. The number of imide groups is 1. The number of anilines is 2. The SMILES string of the molecule is NC(=O)C1C(=O)N(C(=O)Nc2ccccn2)c2cccc([N+](=O)[O-])c21. The largest absolute Gasteiger partial charge is 0.369 e. The van der Waals surface area contributed by atoms with Crippen LogP contribution in [0, 0.1) is 10.1 Å². The predicted molar refractivity (Wildman–Crippen MR) is 85.8 cm³/mol. The number of nitrogens with one attached hydrogen (secondary N) is 1. The van der Waals surface area contributed by atoms with Crippen molar-refractivity contribution in [3.8, 4) is 0 Å². The average Bonchev–Trinajstić information content (AvgIpc) is 2.87. The Hall–Kier alpha value is -3.82. The number of carbonyl (C=O) groups is 3. The first-order chi connectivity index (χ1) is 11.9. The van der Waals surface area contributed by atoms with E-state index in [-0.39, 0.29) is 17.1 Å². The number of nitro groups is 1. The standard InChI is InChI=1S/C15H11N5O5/c16-13(21)12-11-8(4-3-5-9(11)20(24)25)19(14(12)22)15(23)18-10-6-1-2-7-17-10/h1-7,12H,(H2,16,21)(H,17,18,23). The van der Waals surface area contributed by atoms with Gasteiger partial charge in [-0.05, 0) is 18.2 Å². The van der Waals surface area contributed by atoms with E-state index >= 15 is 0 Å². The van der Waals surface area contributed by atoms with Crippen molar-refractivity contribution < 1.29 is 19.3 Å². The fourth-order valence-corrected chi connectivity index (χ4v) is 2.64. The van der Waals surface area contributed by atoms with Gasteiger partial charge in [-0.3, -0.25) is 25.0 Å². The molecule has 10 heteroatoms. The third-order valence-electron chi connectivity index (χ3n) is 3.64. The van der Waals surface area contributed by atoms with Crippen LogP contribution >= 0.6 is 0 Å². The quantitative estimate of drug-likeness (QED) is 0.485. The van der Waals surface area contributed by atoms with E-state index < -0.39 is 34.4 Å². The summed E-state index contributed by atoms with van der Waals surface area (Å²) in [7, 11) is 0. The second-order valence-corrected chi connectivity index (χ2v) is 5.12. The fraction of sp³-hybridized carbons (Fsp3) is 0.0667. The zero-order chi connectivity index (χ0) is 18.1. The first-order valence-corrected chi connectivity index (χ1v) is 7.04. The zero-order valence-electron chi connectivity index (χ0n) is 12.6. The first kappa shape index (κ1) is 16.1. The lowest BCUT2D eigenvalue weighted by Crippen LogP contribution is -2.41. The van der Waals surface area contributed by atoms with Crippen molar-refractivity contribution in [2.24, 2.45) is 5.73 Å². The number of hydrogen-bond acceptors (Lipinski definition) is 6. The minimum Gasteiger partial charge on any atom is -0.369 e. The fourth-order valence-electron chi connectivity index (χ4n) is 2.64. The van der Waals surface area contributed by atoms with Crippen LogP contribution in [0.15, 0.2) is 42.6 Å². The Morgan fingerprint density at radius 3 is 2.60 bits per heavy atom. The molecule has 126 valence electrons. The number of pyridine rings is 1. The molecule has 1 unspecified atom stereocenters. The molecule has 0 aliphatic carbocycles. The van der Waals surface area contributed by atoms with Gasteiger partial charge in [0.15, 0.2) is 5.92 Å². The van der Waals surface area contributed by atoms with Gasteiger partial charge in [0.2, 0.25) is 5.91 Å². The normalized spacial score (nSPS) is 15.6. The number of aromatic nitrogens is 1. The highest BCUT2D eigenvalue weighted by atomic mass is 16.6. The van der Waals surface area contributed by atoms with Gasteiger partial charge >= 0.3 is 6.03 Å². The van der Waals surface area contributed by atoms with Crippen molar-refractivity contribution in [1.29, 1.82) is 0 Å². The number of rotatable bonds is 3. The van der Waals surface area contributed by atoms with Crippen molar-refractivity contribution in [2.45, 2.75) is 5.92 Å². The van der Waals surface area contributed by atoms with Gasteiger partial charge in [0.25, 0.3) is 11.6 Å². The summed E-state index contributed by atoms with van der Waals surface area (Å²) < 4.78 is 0. The monoisotopic (exact) mass is 341 g/mol. The second kappa shape index (κ2) is 6.00. The lowest BCUT2D eigenvalue weighted by atomic mass is 9.98. The number of hydrogen-bond donors (Lipinski definition) is 2. The second-order valence-electron chi connectivity index (χ2n) is 5.12. The number of nitrogens with two attached hydrogens (primary N) is 1. The molecule has 1 aromatic heterocycles. The summed E-state index contributed by atoms with van der Waals surface area (Å²) in [5, 5.41) is 13.6. The van der Waals surface area contributed by atoms with E-state index in [0.717, 1.165) is 6.07 Å². The Morgan fingerprint density at radius 1 is 1.24 bits per heavy atom. The molecule has 0 radical (unpaired) electrons. The van der Waals surface area contributed by atoms with Crippen molar-refractivity contribution in [1.82, 2.24) is 4.98 Å². The Labute approximate surface area is 140 Å². The number of fused-ring (bicyclic) bond motifs is 1. The Morgan fingerprint density at radius 2 is 2.00 bits per heavy atom. The Balaban J connectivity index is 2.07. The molecule has 0 bridgehead atoms. The maximum absolute atomic E-state index is 12.5. The number of primary amides is 1. The zero-order valence-corrected chi connectivity index (χ0v) is 12.6. The van der Waals surface area contributed by atoms with Crippen molar-refractivity contribution in [2.75, 3.05) is 10.2 Å². The molecule has 3 rings (SSSR count). The van der Waals surface area contributed by atoms with Crippen LogP contribution in [0.25, 0.3) is 0 Å². The molecule has 2 aromatic rings. The van der Waals surface area contributed by atoms with Gasteiger partial charge in [-0.1, -0.05) is 12.1 Å². The van der Waals surface area contributed by atoms with Crippen LogP contribution in [0.2, 0.25) is 0 Å². The summed E-state index contributed by atoms with van der Waals surface area (Å²) in [6, 6.07) is 7.66. The van der Waals surface area contributed by atoms with Crippen LogP contribution < -0.4 is 16.0 Å². The van der Waals surface area contributed by atoms with E-state index in [1.807, 2.05) is 0 Å². The summed E-state index contributed by atoms with van der Waals surface area (Å²) >= 11 is 0. The molecule has 1 aromatic carbocycles. The molecule has 10 nitrogen and oxygen atoms in total. The highest BCUT2D eigenvalue weighted by molar-refractivity contribution is 6.29. The number of urea groups is 1. The van der Waals surface area contributed by atoms with Crippen LogP contribution in [0.4, 0.5) is 22.0 Å². The number of nitrogens with zero attached hydrogens (tertiary/aromatic N) is 3. The van der Waals surface area contributed by atoms with Crippen LogP contribution in [-0.4, -0.2) is 27.8 Å². The van der Waals surface area contributed by atoms with Crippen LogP contribution in [0.3, 0.4) is 0 Å². The topological polar surface area (TPSA) is 149 Å². The van der Waals surface area contributed by atoms with E-state index in [0.29, 0.717) is 4.90 Å². The van der Waals surface area contributed by atoms with Gasteiger partial charge in [0.1, 0.15) is 5.82 Å². The smallest absolute Gasteiger partial charge is 0.334 e. The molecule has 2 heterocycles. The van der Waals surface area contributed by atoms with E-state index in [4.69, 9.17) is 5.73 Å². The highest BCUT2D eigenvalue weighted by Gasteiger charge is 2.48. The number of benzene rings is 1. The first-order valence-electron chi connectivity index (χ1n) is 7.04. The molecular formula is C15H11N5O5. The summed E-state index contributed by atoms with van der Waals surface area (Å²) in [5.74, 6) is -3.46. The van der Waals surface area contributed by atoms with E-state index in [9.17, 15) is 24.5 Å². The minimum absolute atomic E-state index is 0.0589. The van der Waals surface area contributed by atoms with Crippen LogP contribution in [0.1, 0.15) is 11.5 Å². The average molecular weight is 341 g/mol. The number of nitro benzene ring substituents is 1. The van der Waals surface area contributed by atoms with E-state index in [2.05, 4.69) is 10.3 Å². The molecule has 1 atom stereocenters. The molecule has 1 aliphatic heterocycles. The Kier molecular flexibility index (Phi) is 3.85. The van der Waals surface area contributed by atoms with E-state index in [1.165, 1.54) is 24.4 Å². The predicted octanol–water partition coefficient (Wildman–Crippen LogP) is 1.14. The summed E-state index contributed by atoms with van der Waals surface area (Å²) in [6.07, 6.45) is 1.44. The van der Waals surface area contributed by atoms with Gasteiger partial charge in [-0.2, -0.15) is 0 Å². The van der Waals surface area contributed by atoms with Crippen LogP contribution in [0.5, 0.6) is 0 Å². The molecule has 0 fully saturated rings. The lowest BCUT2D eigenvalue weighted by molar-refractivity contribution is -0.385. The van der Waals surface area contributed by atoms with Crippen molar-refractivity contribution in [3.63, 3.8) is 0 Å². The maximum atomic E-state index is 12.5. The third kappa shape index (κ3) is 2.65. The van der Waals surface area contributed by atoms with Gasteiger partial charge in [0, 0.05) is 12.3 Å². The summed E-state index contributed by atoms with van der Waals surface area (Å²) in [4.78, 5) is 51.7. The summed E-state index contributed by atoms with van der Waals surface area (Å²) in [5.41, 5.74) is 4.53. The van der Waals surface area contributed by atoms with Gasteiger partial charge < -0.3 is 5.73 Å².